The lowest BCUT2D eigenvalue weighted by molar-refractivity contribution is -0.142. The highest BCUT2D eigenvalue weighted by molar-refractivity contribution is 5.81. The molecule has 0 spiro atoms. The van der Waals surface area contributed by atoms with Gasteiger partial charge >= 0.3 is 5.97 Å². The van der Waals surface area contributed by atoms with Crippen molar-refractivity contribution < 1.29 is 14.7 Å². The van der Waals surface area contributed by atoms with E-state index in [9.17, 15) is 9.59 Å². The summed E-state index contributed by atoms with van der Waals surface area (Å²) in [6, 6.07) is 0.730. The Morgan fingerprint density at radius 3 is 2.05 bits per heavy atom. The molecule has 2 aliphatic rings. The third-order valence-electron chi connectivity index (χ3n) is 4.80. The van der Waals surface area contributed by atoms with Gasteiger partial charge in [-0.1, -0.05) is 0 Å². The lowest BCUT2D eigenvalue weighted by Gasteiger charge is -2.43. The molecule has 1 aliphatic heterocycles. The first-order valence-electron chi connectivity index (χ1n) is 7.13. The molecule has 0 aromatic rings. The fourth-order valence-corrected chi connectivity index (χ4v) is 3.27. The van der Waals surface area contributed by atoms with Crippen molar-refractivity contribution in [3.63, 3.8) is 0 Å². The van der Waals surface area contributed by atoms with Gasteiger partial charge in [0.1, 0.15) is 0 Å². The Hall–Kier alpha value is -1.10. The quantitative estimate of drug-likeness (QED) is 0.813. The highest BCUT2D eigenvalue weighted by atomic mass is 16.4. The summed E-state index contributed by atoms with van der Waals surface area (Å²) in [6.45, 7) is 5.77. The first-order chi connectivity index (χ1) is 8.90. The summed E-state index contributed by atoms with van der Waals surface area (Å²) in [4.78, 5) is 27.7. The van der Waals surface area contributed by atoms with E-state index in [2.05, 4.69) is 25.8 Å². The SMILES string of the molecule is CC1CN(C(=O)C2CCC(C(=O)O)C2)CC(C)N1C. The van der Waals surface area contributed by atoms with E-state index in [1.165, 1.54) is 0 Å². The van der Waals surface area contributed by atoms with E-state index in [0.717, 1.165) is 19.5 Å². The minimum atomic E-state index is -0.754. The number of hydrogen-bond acceptors (Lipinski definition) is 3. The minimum absolute atomic E-state index is 0.0797. The van der Waals surface area contributed by atoms with Crippen LogP contribution in [0.3, 0.4) is 0 Å². The van der Waals surface area contributed by atoms with Crippen LogP contribution in [0.1, 0.15) is 33.1 Å². The van der Waals surface area contributed by atoms with E-state index < -0.39 is 5.97 Å². The molecule has 19 heavy (non-hydrogen) atoms. The summed E-state index contributed by atoms with van der Waals surface area (Å²) in [6.07, 6.45) is 1.89. The van der Waals surface area contributed by atoms with E-state index >= 15 is 0 Å². The molecule has 4 unspecified atom stereocenters. The first kappa shape index (κ1) is 14.3. The summed E-state index contributed by atoms with van der Waals surface area (Å²) >= 11 is 0. The smallest absolute Gasteiger partial charge is 0.306 e. The molecule has 0 radical (unpaired) electrons. The Morgan fingerprint density at radius 2 is 1.58 bits per heavy atom. The second kappa shape index (κ2) is 5.49. The van der Waals surface area contributed by atoms with Crippen LogP contribution in [0.2, 0.25) is 0 Å². The Bertz CT molecular complexity index is 360. The number of carboxylic acid groups (broad SMARTS) is 1. The van der Waals surface area contributed by atoms with Crippen LogP contribution in [0.25, 0.3) is 0 Å². The van der Waals surface area contributed by atoms with Gasteiger partial charge in [-0.15, -0.1) is 0 Å². The van der Waals surface area contributed by atoms with Gasteiger partial charge in [0.05, 0.1) is 5.92 Å². The molecule has 4 atom stereocenters. The summed E-state index contributed by atoms with van der Waals surface area (Å²) in [5.41, 5.74) is 0. The fraction of sp³-hybridized carbons (Fsp3) is 0.857. The number of carboxylic acids is 1. The van der Waals surface area contributed by atoms with Gasteiger partial charge in [-0.05, 0) is 40.2 Å². The van der Waals surface area contributed by atoms with Crippen LogP contribution in [-0.2, 0) is 9.59 Å². The molecule has 0 aromatic carbocycles. The number of rotatable bonds is 2. The Morgan fingerprint density at radius 1 is 1.05 bits per heavy atom. The standard InChI is InChI=1S/C14H24N2O3/c1-9-7-16(8-10(2)15(9)3)13(17)11-4-5-12(6-11)14(18)19/h9-12H,4-8H2,1-3H3,(H,18,19). The maximum absolute atomic E-state index is 12.5. The summed E-state index contributed by atoms with van der Waals surface area (Å²) in [7, 11) is 2.09. The minimum Gasteiger partial charge on any atom is -0.481 e. The van der Waals surface area contributed by atoms with Crippen molar-refractivity contribution in [1.82, 2.24) is 9.80 Å². The maximum Gasteiger partial charge on any atom is 0.306 e. The first-order valence-corrected chi connectivity index (χ1v) is 7.13. The van der Waals surface area contributed by atoms with Crippen molar-refractivity contribution >= 4 is 11.9 Å². The van der Waals surface area contributed by atoms with Gasteiger partial charge in [0.15, 0.2) is 0 Å². The van der Waals surface area contributed by atoms with Crippen LogP contribution < -0.4 is 0 Å². The second-order valence-corrected chi connectivity index (χ2v) is 6.15. The molecule has 1 amide bonds. The molecule has 2 fully saturated rings. The fourth-order valence-electron chi connectivity index (χ4n) is 3.27. The van der Waals surface area contributed by atoms with Gasteiger partial charge in [0.2, 0.25) is 5.91 Å². The van der Waals surface area contributed by atoms with Crippen LogP contribution >= 0.6 is 0 Å². The predicted molar refractivity (Wildman–Crippen MR) is 71.7 cm³/mol. The molecule has 0 bridgehead atoms. The van der Waals surface area contributed by atoms with E-state index in [1.54, 1.807) is 0 Å². The highest BCUT2D eigenvalue weighted by Gasteiger charge is 2.38. The molecule has 2 rings (SSSR count). The number of nitrogens with zero attached hydrogens (tertiary/aromatic N) is 2. The zero-order valence-corrected chi connectivity index (χ0v) is 12.0. The van der Waals surface area contributed by atoms with Crippen molar-refractivity contribution in [1.29, 1.82) is 0 Å². The lowest BCUT2D eigenvalue weighted by Crippen LogP contribution is -2.57. The average molecular weight is 268 g/mol. The predicted octanol–water partition coefficient (Wildman–Crippen LogP) is 1.04. The summed E-state index contributed by atoms with van der Waals surface area (Å²) in [5.74, 6) is -0.994. The summed E-state index contributed by atoms with van der Waals surface area (Å²) < 4.78 is 0. The molecular formula is C14H24N2O3. The molecule has 5 nitrogen and oxygen atoms in total. The third kappa shape index (κ3) is 2.91. The van der Waals surface area contributed by atoms with Crippen molar-refractivity contribution in [3.05, 3.63) is 0 Å². The normalized spacial score (nSPS) is 36.5. The van der Waals surface area contributed by atoms with E-state index in [0.29, 0.717) is 24.9 Å². The largest absolute Gasteiger partial charge is 0.481 e. The molecular weight excluding hydrogens is 244 g/mol. The Kier molecular flexibility index (Phi) is 4.13. The van der Waals surface area contributed by atoms with Crippen LogP contribution in [0.15, 0.2) is 0 Å². The number of amides is 1. The van der Waals surface area contributed by atoms with Crippen LogP contribution in [-0.4, -0.2) is 59.0 Å². The van der Waals surface area contributed by atoms with Crippen molar-refractivity contribution in [2.24, 2.45) is 11.8 Å². The van der Waals surface area contributed by atoms with Gasteiger partial charge in [-0.3, -0.25) is 14.5 Å². The van der Waals surface area contributed by atoms with Gasteiger partial charge in [-0.2, -0.15) is 0 Å². The van der Waals surface area contributed by atoms with Crippen molar-refractivity contribution in [2.75, 3.05) is 20.1 Å². The third-order valence-corrected chi connectivity index (χ3v) is 4.80. The number of hydrogen-bond donors (Lipinski definition) is 1. The molecule has 108 valence electrons. The van der Waals surface area contributed by atoms with Gasteiger partial charge < -0.3 is 10.0 Å². The summed E-state index contributed by atoms with van der Waals surface area (Å²) in [5, 5.41) is 9.01. The second-order valence-electron chi connectivity index (χ2n) is 6.15. The average Bonchev–Trinajstić information content (AvgIpc) is 2.84. The molecule has 0 aromatic heterocycles. The van der Waals surface area contributed by atoms with E-state index in [1.807, 2.05) is 4.90 Å². The number of likely N-dealkylation sites (N-methyl/N-ethyl adjacent to an activating group) is 1. The zero-order chi connectivity index (χ0) is 14.2. The van der Waals surface area contributed by atoms with Crippen LogP contribution in [0.4, 0.5) is 0 Å². The van der Waals surface area contributed by atoms with Crippen LogP contribution in [0.5, 0.6) is 0 Å². The van der Waals surface area contributed by atoms with Gasteiger partial charge in [0.25, 0.3) is 0 Å². The molecule has 5 heteroatoms. The molecule has 1 saturated carbocycles. The van der Waals surface area contributed by atoms with Gasteiger partial charge in [-0.25, -0.2) is 0 Å². The lowest BCUT2D eigenvalue weighted by atomic mass is 10.0. The monoisotopic (exact) mass is 268 g/mol. The van der Waals surface area contributed by atoms with Gasteiger partial charge in [0, 0.05) is 31.1 Å². The number of carbonyl (C=O) groups is 2. The Labute approximate surface area is 114 Å². The number of piperazine rings is 1. The molecule has 1 aliphatic carbocycles. The van der Waals surface area contributed by atoms with Crippen LogP contribution in [0, 0.1) is 11.8 Å². The van der Waals surface area contributed by atoms with Crippen molar-refractivity contribution in [2.45, 2.75) is 45.2 Å². The zero-order valence-electron chi connectivity index (χ0n) is 12.0. The van der Waals surface area contributed by atoms with Crippen molar-refractivity contribution in [3.8, 4) is 0 Å². The van der Waals surface area contributed by atoms with E-state index in [-0.39, 0.29) is 17.7 Å². The maximum atomic E-state index is 12.5. The number of aliphatic carboxylic acids is 1. The molecule has 1 N–H and O–H groups in total. The van der Waals surface area contributed by atoms with E-state index in [4.69, 9.17) is 5.11 Å². The molecule has 1 saturated heterocycles. The molecule has 1 heterocycles. The highest BCUT2D eigenvalue weighted by Crippen LogP contribution is 2.33. The number of carbonyl (C=O) groups excluding carboxylic acids is 1. The Balaban J connectivity index is 1.95. The topological polar surface area (TPSA) is 60.9 Å².